The number of aliphatic hydroxyl groups is 1. The van der Waals surface area contributed by atoms with Crippen LogP contribution in [0.4, 0.5) is 5.95 Å². The maximum absolute atomic E-state index is 11.4. The molecule has 7 nitrogen and oxygen atoms in total. The topological polar surface area (TPSA) is 90.4 Å². The Labute approximate surface area is 112 Å². The van der Waals surface area contributed by atoms with E-state index in [1.807, 2.05) is 4.90 Å². The third-order valence-electron chi connectivity index (χ3n) is 3.12. The van der Waals surface area contributed by atoms with Crippen LogP contribution in [0.1, 0.15) is 6.42 Å². The van der Waals surface area contributed by atoms with Crippen molar-refractivity contribution in [3.05, 3.63) is 18.5 Å². The van der Waals surface area contributed by atoms with Crippen LogP contribution in [0.15, 0.2) is 18.5 Å². The average molecular weight is 265 g/mol. The Kier molecular flexibility index (Phi) is 4.28. The Morgan fingerprint density at radius 2 is 2.26 bits per heavy atom. The van der Waals surface area contributed by atoms with Gasteiger partial charge < -0.3 is 20.6 Å². The zero-order valence-electron chi connectivity index (χ0n) is 11.0. The second-order valence-corrected chi connectivity index (χ2v) is 4.75. The molecule has 2 heterocycles. The van der Waals surface area contributed by atoms with Crippen molar-refractivity contribution in [2.24, 2.45) is 0 Å². The summed E-state index contributed by atoms with van der Waals surface area (Å²) < 4.78 is 0. The van der Waals surface area contributed by atoms with E-state index < -0.39 is 5.60 Å². The Balaban J connectivity index is 1.88. The first kappa shape index (κ1) is 13.7. The second kappa shape index (κ2) is 5.94. The van der Waals surface area contributed by atoms with Crippen molar-refractivity contribution in [2.45, 2.75) is 12.0 Å². The third-order valence-corrected chi connectivity index (χ3v) is 3.12. The van der Waals surface area contributed by atoms with Crippen LogP contribution < -0.4 is 15.5 Å². The van der Waals surface area contributed by atoms with E-state index >= 15 is 0 Å². The molecule has 1 aromatic heterocycles. The molecule has 3 N–H and O–H groups in total. The largest absolute Gasteiger partial charge is 0.386 e. The molecule has 1 saturated heterocycles. The van der Waals surface area contributed by atoms with Gasteiger partial charge in [0, 0.05) is 25.5 Å². The molecule has 0 spiro atoms. The molecule has 0 saturated carbocycles. The van der Waals surface area contributed by atoms with Crippen LogP contribution in [0.2, 0.25) is 0 Å². The number of hydrogen-bond donors (Lipinski definition) is 3. The van der Waals surface area contributed by atoms with Gasteiger partial charge in [0.1, 0.15) is 5.60 Å². The summed E-state index contributed by atoms with van der Waals surface area (Å²) in [5, 5.41) is 15.9. The lowest BCUT2D eigenvalue weighted by Crippen LogP contribution is -2.46. The monoisotopic (exact) mass is 265 g/mol. The fourth-order valence-electron chi connectivity index (χ4n) is 2.11. The molecule has 0 bridgehead atoms. The minimum Gasteiger partial charge on any atom is -0.386 e. The van der Waals surface area contributed by atoms with Gasteiger partial charge in [0.25, 0.3) is 0 Å². The molecule has 1 aliphatic heterocycles. The lowest BCUT2D eigenvalue weighted by molar-refractivity contribution is -0.121. The Bertz CT molecular complexity index is 427. The Hall–Kier alpha value is -1.73. The van der Waals surface area contributed by atoms with Gasteiger partial charge in [-0.05, 0) is 19.5 Å². The number of nitrogens with zero attached hydrogens (tertiary/aromatic N) is 3. The van der Waals surface area contributed by atoms with Crippen molar-refractivity contribution in [3.63, 3.8) is 0 Å². The molecule has 1 aromatic rings. The van der Waals surface area contributed by atoms with E-state index in [4.69, 9.17) is 0 Å². The van der Waals surface area contributed by atoms with Gasteiger partial charge in [0.2, 0.25) is 11.9 Å². The standard InChI is InChI=1S/C12H19N5O2/c1-13-7-10(18)16-8-12(19)3-6-17(9-12)11-14-4-2-5-15-11/h2,4-5,13,19H,3,6-9H2,1H3,(H,16,18)/t12-/m1/s1. The molecule has 0 aliphatic carbocycles. The van der Waals surface area contributed by atoms with Crippen molar-refractivity contribution in [1.82, 2.24) is 20.6 Å². The zero-order chi connectivity index (χ0) is 13.7. The molecule has 104 valence electrons. The SMILES string of the molecule is CNCC(=O)NC[C@]1(O)CCN(c2ncccn2)C1. The molecule has 1 amide bonds. The van der Waals surface area contributed by atoms with Gasteiger partial charge in [-0.25, -0.2) is 9.97 Å². The van der Waals surface area contributed by atoms with E-state index in [1.165, 1.54) is 0 Å². The van der Waals surface area contributed by atoms with Gasteiger partial charge in [-0.2, -0.15) is 0 Å². The average Bonchev–Trinajstić information content (AvgIpc) is 2.81. The summed E-state index contributed by atoms with van der Waals surface area (Å²) in [6.45, 7) is 1.61. The summed E-state index contributed by atoms with van der Waals surface area (Å²) in [5.41, 5.74) is -0.914. The van der Waals surface area contributed by atoms with E-state index in [2.05, 4.69) is 20.6 Å². The normalized spacial score (nSPS) is 22.5. The van der Waals surface area contributed by atoms with Crippen LogP contribution in [-0.2, 0) is 4.79 Å². The maximum atomic E-state index is 11.4. The van der Waals surface area contributed by atoms with Crippen LogP contribution in [0.5, 0.6) is 0 Å². The fourth-order valence-corrected chi connectivity index (χ4v) is 2.11. The maximum Gasteiger partial charge on any atom is 0.234 e. The van der Waals surface area contributed by atoms with Crippen molar-refractivity contribution in [2.75, 3.05) is 38.1 Å². The van der Waals surface area contributed by atoms with Crippen LogP contribution in [0, 0.1) is 0 Å². The number of nitrogens with one attached hydrogen (secondary N) is 2. The summed E-state index contributed by atoms with van der Waals surface area (Å²) in [5.74, 6) is 0.491. The molecule has 1 atom stereocenters. The number of carbonyl (C=O) groups is 1. The van der Waals surface area contributed by atoms with Gasteiger partial charge >= 0.3 is 0 Å². The zero-order valence-corrected chi connectivity index (χ0v) is 11.0. The number of likely N-dealkylation sites (N-methyl/N-ethyl adjacent to an activating group) is 1. The number of carbonyl (C=O) groups excluding carboxylic acids is 1. The van der Waals surface area contributed by atoms with E-state index in [0.29, 0.717) is 25.5 Å². The second-order valence-electron chi connectivity index (χ2n) is 4.75. The summed E-state index contributed by atoms with van der Waals surface area (Å²) in [6, 6.07) is 1.75. The number of rotatable bonds is 5. The number of β-amino-alcohol motifs (C(OH)–C–C–N with tert-alkyl or cyclic N) is 1. The van der Waals surface area contributed by atoms with Crippen molar-refractivity contribution in [1.29, 1.82) is 0 Å². The minimum atomic E-state index is -0.914. The molecule has 0 unspecified atom stereocenters. The molecular formula is C12H19N5O2. The number of amides is 1. The summed E-state index contributed by atoms with van der Waals surface area (Å²) in [6.07, 6.45) is 3.94. The van der Waals surface area contributed by atoms with E-state index in [0.717, 1.165) is 0 Å². The highest BCUT2D eigenvalue weighted by molar-refractivity contribution is 5.78. The van der Waals surface area contributed by atoms with E-state index in [1.54, 1.807) is 25.5 Å². The molecule has 1 aliphatic rings. The first-order chi connectivity index (χ1) is 9.13. The van der Waals surface area contributed by atoms with Crippen LogP contribution in [0.25, 0.3) is 0 Å². The molecule has 19 heavy (non-hydrogen) atoms. The molecule has 2 rings (SSSR count). The van der Waals surface area contributed by atoms with Crippen molar-refractivity contribution >= 4 is 11.9 Å². The highest BCUT2D eigenvalue weighted by Crippen LogP contribution is 2.23. The third kappa shape index (κ3) is 3.62. The molecular weight excluding hydrogens is 246 g/mol. The van der Waals surface area contributed by atoms with Crippen molar-refractivity contribution in [3.8, 4) is 0 Å². The van der Waals surface area contributed by atoms with E-state index in [9.17, 15) is 9.90 Å². The predicted octanol–water partition coefficient (Wildman–Crippen LogP) is -1.25. The number of aromatic nitrogens is 2. The highest BCUT2D eigenvalue weighted by atomic mass is 16.3. The van der Waals surface area contributed by atoms with Gasteiger partial charge in [0.05, 0.1) is 13.1 Å². The summed E-state index contributed by atoms with van der Waals surface area (Å²) in [7, 11) is 1.71. The molecule has 0 aromatic carbocycles. The predicted molar refractivity (Wildman–Crippen MR) is 70.7 cm³/mol. The molecule has 0 radical (unpaired) electrons. The van der Waals surface area contributed by atoms with Crippen molar-refractivity contribution < 1.29 is 9.90 Å². The lowest BCUT2D eigenvalue weighted by atomic mass is 10.0. The number of anilines is 1. The van der Waals surface area contributed by atoms with E-state index in [-0.39, 0.29) is 19.0 Å². The van der Waals surface area contributed by atoms with Gasteiger partial charge in [0.15, 0.2) is 0 Å². The van der Waals surface area contributed by atoms with Gasteiger partial charge in [-0.15, -0.1) is 0 Å². The summed E-state index contributed by atoms with van der Waals surface area (Å²) in [4.78, 5) is 21.6. The molecule has 7 heteroatoms. The Morgan fingerprint density at radius 3 is 2.95 bits per heavy atom. The fraction of sp³-hybridized carbons (Fsp3) is 0.583. The smallest absolute Gasteiger partial charge is 0.234 e. The minimum absolute atomic E-state index is 0.120. The quantitative estimate of drug-likeness (QED) is 0.616. The number of hydrogen-bond acceptors (Lipinski definition) is 6. The first-order valence-electron chi connectivity index (χ1n) is 6.29. The molecule has 1 fully saturated rings. The van der Waals surface area contributed by atoms with Crippen LogP contribution >= 0.6 is 0 Å². The van der Waals surface area contributed by atoms with Gasteiger partial charge in [-0.1, -0.05) is 0 Å². The van der Waals surface area contributed by atoms with Crippen LogP contribution in [-0.4, -0.2) is 59.8 Å². The first-order valence-corrected chi connectivity index (χ1v) is 6.29. The highest BCUT2D eigenvalue weighted by Gasteiger charge is 2.37. The van der Waals surface area contributed by atoms with Gasteiger partial charge in [-0.3, -0.25) is 4.79 Å². The van der Waals surface area contributed by atoms with Crippen LogP contribution in [0.3, 0.4) is 0 Å². The summed E-state index contributed by atoms with van der Waals surface area (Å²) >= 11 is 0. The Morgan fingerprint density at radius 1 is 1.53 bits per heavy atom. The lowest BCUT2D eigenvalue weighted by Gasteiger charge is -2.23.